The molecule has 29 heavy (non-hydrogen) atoms. The van der Waals surface area contributed by atoms with E-state index in [2.05, 4.69) is 47.3 Å². The Morgan fingerprint density at radius 2 is 1.76 bits per heavy atom. The maximum atomic E-state index is 12.7. The number of hydrogen-bond donors (Lipinski definition) is 0. The largest absolute Gasteiger partial charge is 0.368 e. The Labute approximate surface area is 169 Å². The van der Waals surface area contributed by atoms with Gasteiger partial charge in [-0.2, -0.15) is 0 Å². The molecule has 7 nitrogen and oxygen atoms in total. The van der Waals surface area contributed by atoms with Gasteiger partial charge in [0.2, 0.25) is 5.91 Å². The number of aromatic nitrogens is 3. The van der Waals surface area contributed by atoms with E-state index in [-0.39, 0.29) is 24.4 Å². The van der Waals surface area contributed by atoms with Crippen molar-refractivity contribution in [2.45, 2.75) is 26.8 Å². The van der Waals surface area contributed by atoms with Gasteiger partial charge in [0.05, 0.1) is 11.9 Å². The molecule has 0 bridgehead atoms. The molecule has 0 spiro atoms. The minimum atomic E-state index is -0.205. The van der Waals surface area contributed by atoms with Crippen molar-refractivity contribution in [2.24, 2.45) is 0 Å². The third kappa shape index (κ3) is 3.85. The molecule has 3 aromatic rings. The maximum Gasteiger partial charge on any atom is 0.277 e. The van der Waals surface area contributed by atoms with Crippen LogP contribution in [0.3, 0.4) is 0 Å². The van der Waals surface area contributed by atoms with Crippen molar-refractivity contribution in [3.63, 3.8) is 0 Å². The number of benzene rings is 2. The van der Waals surface area contributed by atoms with Crippen LogP contribution in [0.1, 0.15) is 17.5 Å². The average molecular weight is 391 g/mol. The van der Waals surface area contributed by atoms with Crippen molar-refractivity contribution in [2.75, 3.05) is 31.1 Å². The normalized spacial score (nSPS) is 14.4. The number of anilines is 1. The first-order valence-electron chi connectivity index (χ1n) is 9.96. The van der Waals surface area contributed by atoms with E-state index in [0.29, 0.717) is 24.0 Å². The van der Waals surface area contributed by atoms with Gasteiger partial charge in [0.1, 0.15) is 5.52 Å². The second kappa shape index (κ2) is 8.03. The first-order valence-corrected chi connectivity index (χ1v) is 9.96. The minimum absolute atomic E-state index is 0.0486. The van der Waals surface area contributed by atoms with Crippen LogP contribution in [0.25, 0.3) is 10.9 Å². The standard InChI is InChI=1S/C22H25N5O2/c1-16-6-5-9-20(17(16)2)25-12-14-26(15-13-25)21(28)10-11-27-22(29)18-7-3-4-8-19(18)23-24-27/h3-9H,10-15H2,1-2H3. The minimum Gasteiger partial charge on any atom is -0.368 e. The summed E-state index contributed by atoms with van der Waals surface area (Å²) >= 11 is 0. The molecule has 4 rings (SSSR count). The Morgan fingerprint density at radius 3 is 2.55 bits per heavy atom. The lowest BCUT2D eigenvalue weighted by Crippen LogP contribution is -2.49. The predicted molar refractivity (Wildman–Crippen MR) is 113 cm³/mol. The van der Waals surface area contributed by atoms with Gasteiger partial charge in [-0.3, -0.25) is 9.59 Å². The number of piperazine rings is 1. The predicted octanol–water partition coefficient (Wildman–Crippen LogP) is 2.15. The molecule has 1 fully saturated rings. The van der Waals surface area contributed by atoms with Crippen LogP contribution in [0.15, 0.2) is 47.3 Å². The maximum absolute atomic E-state index is 12.7. The van der Waals surface area contributed by atoms with Gasteiger partial charge in [-0.25, -0.2) is 4.68 Å². The van der Waals surface area contributed by atoms with Crippen molar-refractivity contribution >= 4 is 22.5 Å². The summed E-state index contributed by atoms with van der Waals surface area (Å²) in [6.07, 6.45) is 0.246. The van der Waals surface area contributed by atoms with Crippen LogP contribution < -0.4 is 10.5 Å². The number of amides is 1. The lowest BCUT2D eigenvalue weighted by Gasteiger charge is -2.37. The molecule has 0 unspecified atom stereocenters. The molecular formula is C22H25N5O2. The summed E-state index contributed by atoms with van der Waals surface area (Å²) in [5.74, 6) is 0.0486. The van der Waals surface area contributed by atoms with E-state index in [1.165, 1.54) is 21.5 Å². The van der Waals surface area contributed by atoms with Gasteiger partial charge in [-0.15, -0.1) is 5.10 Å². The number of fused-ring (bicyclic) bond motifs is 1. The summed E-state index contributed by atoms with van der Waals surface area (Å²) in [6.45, 7) is 7.50. The van der Waals surface area contributed by atoms with E-state index in [0.717, 1.165) is 13.1 Å². The van der Waals surface area contributed by atoms with Crippen LogP contribution in [0.5, 0.6) is 0 Å². The third-order valence-corrected chi connectivity index (χ3v) is 5.72. The van der Waals surface area contributed by atoms with Crippen molar-refractivity contribution in [1.29, 1.82) is 0 Å². The SMILES string of the molecule is Cc1cccc(N2CCN(C(=O)CCn3nnc4ccccc4c3=O)CC2)c1C. The Hall–Kier alpha value is -3.22. The van der Waals surface area contributed by atoms with Gasteiger partial charge in [0, 0.05) is 38.3 Å². The zero-order chi connectivity index (χ0) is 20.4. The van der Waals surface area contributed by atoms with E-state index in [1.54, 1.807) is 18.2 Å². The number of nitrogens with zero attached hydrogens (tertiary/aromatic N) is 5. The molecule has 1 aliphatic rings. The van der Waals surface area contributed by atoms with Gasteiger partial charge in [0.25, 0.3) is 5.56 Å². The van der Waals surface area contributed by atoms with Gasteiger partial charge >= 0.3 is 0 Å². The molecule has 0 saturated carbocycles. The quantitative estimate of drug-likeness (QED) is 0.682. The monoisotopic (exact) mass is 391 g/mol. The molecular weight excluding hydrogens is 366 g/mol. The lowest BCUT2D eigenvalue weighted by atomic mass is 10.1. The highest BCUT2D eigenvalue weighted by Gasteiger charge is 2.22. The van der Waals surface area contributed by atoms with Crippen molar-refractivity contribution in [3.8, 4) is 0 Å². The summed E-state index contributed by atoms with van der Waals surface area (Å²) in [5, 5.41) is 8.57. The first kappa shape index (κ1) is 19.1. The van der Waals surface area contributed by atoms with E-state index >= 15 is 0 Å². The number of carbonyl (C=O) groups is 1. The van der Waals surface area contributed by atoms with Crippen LogP contribution in [-0.2, 0) is 11.3 Å². The molecule has 7 heteroatoms. The van der Waals surface area contributed by atoms with Crippen LogP contribution in [0.2, 0.25) is 0 Å². The van der Waals surface area contributed by atoms with Gasteiger partial charge in [-0.05, 0) is 43.2 Å². The Morgan fingerprint density at radius 1 is 1.00 bits per heavy atom. The highest BCUT2D eigenvalue weighted by atomic mass is 16.2. The average Bonchev–Trinajstić information content (AvgIpc) is 2.75. The van der Waals surface area contributed by atoms with E-state index in [4.69, 9.17) is 0 Å². The number of carbonyl (C=O) groups excluding carboxylic acids is 1. The number of aryl methyl sites for hydroxylation is 2. The molecule has 1 aliphatic heterocycles. The van der Waals surface area contributed by atoms with Crippen LogP contribution in [0, 0.1) is 13.8 Å². The van der Waals surface area contributed by atoms with Gasteiger partial charge in [0.15, 0.2) is 0 Å². The molecule has 1 saturated heterocycles. The van der Waals surface area contributed by atoms with Gasteiger partial charge in [-0.1, -0.05) is 29.5 Å². The fourth-order valence-corrected chi connectivity index (χ4v) is 3.80. The highest BCUT2D eigenvalue weighted by Crippen LogP contribution is 2.24. The molecule has 150 valence electrons. The van der Waals surface area contributed by atoms with Crippen molar-refractivity contribution < 1.29 is 4.79 Å². The summed E-state index contributed by atoms with van der Waals surface area (Å²) in [5.41, 5.74) is 4.19. The fraction of sp³-hybridized carbons (Fsp3) is 0.364. The summed E-state index contributed by atoms with van der Waals surface area (Å²) < 4.78 is 1.28. The molecule has 0 aliphatic carbocycles. The van der Waals surface area contributed by atoms with Gasteiger partial charge < -0.3 is 9.80 Å². The summed E-state index contributed by atoms with van der Waals surface area (Å²) in [6, 6.07) is 13.5. The topological polar surface area (TPSA) is 71.3 Å². The summed E-state index contributed by atoms with van der Waals surface area (Å²) in [7, 11) is 0. The van der Waals surface area contributed by atoms with Crippen LogP contribution in [0.4, 0.5) is 5.69 Å². The lowest BCUT2D eigenvalue weighted by molar-refractivity contribution is -0.131. The molecule has 1 amide bonds. The number of rotatable bonds is 4. The molecule has 1 aromatic heterocycles. The molecule has 2 heterocycles. The smallest absolute Gasteiger partial charge is 0.277 e. The second-order valence-corrected chi connectivity index (χ2v) is 7.47. The Balaban J connectivity index is 1.36. The van der Waals surface area contributed by atoms with Crippen LogP contribution in [-0.4, -0.2) is 52.0 Å². The second-order valence-electron chi connectivity index (χ2n) is 7.47. The first-order chi connectivity index (χ1) is 14.0. The molecule has 2 aromatic carbocycles. The number of hydrogen-bond acceptors (Lipinski definition) is 5. The van der Waals surface area contributed by atoms with Crippen LogP contribution >= 0.6 is 0 Å². The van der Waals surface area contributed by atoms with E-state index < -0.39 is 0 Å². The Bertz CT molecular complexity index is 1100. The fourth-order valence-electron chi connectivity index (χ4n) is 3.80. The summed E-state index contributed by atoms with van der Waals surface area (Å²) in [4.78, 5) is 29.4. The van der Waals surface area contributed by atoms with E-state index in [1.807, 2.05) is 11.0 Å². The zero-order valence-electron chi connectivity index (χ0n) is 16.8. The van der Waals surface area contributed by atoms with Crippen molar-refractivity contribution in [3.05, 3.63) is 63.9 Å². The van der Waals surface area contributed by atoms with Crippen molar-refractivity contribution in [1.82, 2.24) is 19.9 Å². The molecule has 0 N–H and O–H groups in total. The highest BCUT2D eigenvalue weighted by molar-refractivity contribution is 5.77. The zero-order valence-corrected chi connectivity index (χ0v) is 16.8. The third-order valence-electron chi connectivity index (χ3n) is 5.72. The van der Waals surface area contributed by atoms with E-state index in [9.17, 15) is 9.59 Å². The molecule has 0 radical (unpaired) electrons. The Kier molecular flexibility index (Phi) is 5.29. The molecule has 0 atom stereocenters.